The third-order valence-electron chi connectivity index (χ3n) is 8.65. The fourth-order valence-electron chi connectivity index (χ4n) is 5.42. The molecule has 0 saturated heterocycles. The number of hydrogen-bond donors (Lipinski definition) is 1. The zero-order valence-corrected chi connectivity index (χ0v) is 35.2. The molecule has 0 spiro atoms. The molecule has 52 heavy (non-hydrogen) atoms. The summed E-state index contributed by atoms with van der Waals surface area (Å²) in [5, 5.41) is 0. The molecular weight excluding hydrogens is 673 g/mol. The summed E-state index contributed by atoms with van der Waals surface area (Å²) in [6, 6.07) is 0. The molecule has 0 rings (SSSR count). The van der Waals surface area contributed by atoms with E-state index in [4.69, 9.17) is 18.5 Å². The topological polar surface area (TPSA) is 91.3 Å². The number of allylic oxidation sites excluding steroid dienone is 8. The number of carbonyl (C=O) groups excluding carboxylic acids is 1. The van der Waals surface area contributed by atoms with Crippen LogP contribution in [0.3, 0.4) is 0 Å². The van der Waals surface area contributed by atoms with E-state index in [-0.39, 0.29) is 25.8 Å². The summed E-state index contributed by atoms with van der Waals surface area (Å²) in [5.41, 5.74) is 0. The van der Waals surface area contributed by atoms with Crippen LogP contribution in [0, 0.1) is 0 Å². The first-order valence-electron chi connectivity index (χ1n) is 20.9. The van der Waals surface area contributed by atoms with Gasteiger partial charge in [0.1, 0.15) is 19.3 Å². The van der Waals surface area contributed by atoms with Crippen LogP contribution in [-0.4, -0.2) is 75.6 Å². The van der Waals surface area contributed by atoms with Crippen LogP contribution in [0.25, 0.3) is 0 Å². The van der Waals surface area contributed by atoms with Crippen molar-refractivity contribution in [2.75, 3.05) is 54.1 Å². The lowest BCUT2D eigenvalue weighted by Crippen LogP contribution is -2.37. The zero-order chi connectivity index (χ0) is 38.4. The Balaban J connectivity index is 4.26. The first-order valence-corrected chi connectivity index (χ1v) is 22.4. The summed E-state index contributed by atoms with van der Waals surface area (Å²) >= 11 is 0. The molecule has 0 aromatic heterocycles. The average molecular weight is 755 g/mol. The molecule has 9 heteroatoms. The minimum atomic E-state index is -4.27. The molecular formula is C43H81NO7P+. The molecule has 0 aliphatic rings. The minimum absolute atomic E-state index is 0.0848. The Morgan fingerprint density at radius 3 is 1.67 bits per heavy atom. The molecule has 2 atom stereocenters. The normalized spacial score (nSPS) is 14.3. The molecule has 0 amide bonds. The number of nitrogens with zero attached hydrogens (tertiary/aromatic N) is 1. The van der Waals surface area contributed by atoms with Crippen LogP contribution in [0.1, 0.15) is 162 Å². The van der Waals surface area contributed by atoms with Gasteiger partial charge in [0.15, 0.2) is 0 Å². The number of likely N-dealkylation sites (N-methyl/N-ethyl adjacent to an activating group) is 1. The Labute approximate surface area is 320 Å². The number of phosphoric ester groups is 1. The molecule has 0 heterocycles. The molecule has 2 unspecified atom stereocenters. The maximum absolute atomic E-state index is 12.7. The van der Waals surface area contributed by atoms with Gasteiger partial charge in [-0.05, 0) is 51.4 Å². The highest BCUT2D eigenvalue weighted by Crippen LogP contribution is 2.43. The number of quaternary nitrogens is 1. The Hall–Kier alpha value is -1.54. The molecule has 0 bridgehead atoms. The van der Waals surface area contributed by atoms with E-state index in [0.29, 0.717) is 24.1 Å². The Morgan fingerprint density at radius 2 is 1.12 bits per heavy atom. The van der Waals surface area contributed by atoms with E-state index in [9.17, 15) is 14.3 Å². The molecule has 0 aliphatic heterocycles. The van der Waals surface area contributed by atoms with Gasteiger partial charge in [-0.15, -0.1) is 0 Å². The second-order valence-corrected chi connectivity index (χ2v) is 16.4. The molecule has 0 radical (unpaired) electrons. The Bertz CT molecular complexity index is 973. The van der Waals surface area contributed by atoms with E-state index in [1.165, 1.54) is 70.6 Å². The van der Waals surface area contributed by atoms with Crippen LogP contribution >= 0.6 is 7.82 Å². The monoisotopic (exact) mass is 755 g/mol. The van der Waals surface area contributed by atoms with Crippen LogP contribution < -0.4 is 0 Å². The van der Waals surface area contributed by atoms with E-state index in [0.717, 1.165) is 70.6 Å². The van der Waals surface area contributed by atoms with Gasteiger partial charge in [0.25, 0.3) is 0 Å². The van der Waals surface area contributed by atoms with Crippen molar-refractivity contribution in [3.63, 3.8) is 0 Å². The van der Waals surface area contributed by atoms with Crippen LogP contribution in [0.2, 0.25) is 0 Å². The summed E-state index contributed by atoms with van der Waals surface area (Å²) in [6.45, 7) is 5.48. The number of esters is 1. The van der Waals surface area contributed by atoms with Crippen molar-refractivity contribution in [1.82, 2.24) is 0 Å². The maximum Gasteiger partial charge on any atom is 0.472 e. The summed E-state index contributed by atoms with van der Waals surface area (Å²) in [5.74, 6) is -0.329. The lowest BCUT2D eigenvalue weighted by atomic mass is 10.1. The molecule has 0 saturated carbocycles. The second-order valence-electron chi connectivity index (χ2n) is 15.0. The van der Waals surface area contributed by atoms with Gasteiger partial charge in [0.05, 0.1) is 34.4 Å². The highest BCUT2D eigenvalue weighted by molar-refractivity contribution is 7.47. The predicted octanol–water partition coefficient (Wildman–Crippen LogP) is 12.0. The van der Waals surface area contributed by atoms with Crippen molar-refractivity contribution in [2.24, 2.45) is 0 Å². The molecule has 8 nitrogen and oxygen atoms in total. The van der Waals surface area contributed by atoms with Gasteiger partial charge in [-0.25, -0.2) is 4.57 Å². The van der Waals surface area contributed by atoms with Crippen LogP contribution in [-0.2, 0) is 27.9 Å². The summed E-state index contributed by atoms with van der Waals surface area (Å²) < 4.78 is 34.9. The number of ether oxygens (including phenoxy) is 2. The molecule has 1 N–H and O–H groups in total. The van der Waals surface area contributed by atoms with Crippen molar-refractivity contribution < 1.29 is 37.3 Å². The van der Waals surface area contributed by atoms with E-state index in [2.05, 4.69) is 62.5 Å². The van der Waals surface area contributed by atoms with Crippen molar-refractivity contribution in [3.8, 4) is 0 Å². The quantitative estimate of drug-likeness (QED) is 0.0221. The SMILES string of the molecule is CC/C=C\C/C=C\C/C=C\C/C=C\CCCCCCCCC(=O)OC(COCCCCCCCCCCCCC)COP(=O)(O)OCC[N+](C)(C)C. The third kappa shape index (κ3) is 39.7. The van der Waals surface area contributed by atoms with Gasteiger partial charge in [-0.1, -0.05) is 152 Å². The number of unbranched alkanes of at least 4 members (excludes halogenated alkanes) is 16. The molecule has 304 valence electrons. The van der Waals surface area contributed by atoms with Crippen molar-refractivity contribution in [2.45, 2.75) is 168 Å². The van der Waals surface area contributed by atoms with Crippen LogP contribution in [0.15, 0.2) is 48.6 Å². The molecule has 0 aliphatic carbocycles. The van der Waals surface area contributed by atoms with Gasteiger partial charge in [0, 0.05) is 13.0 Å². The van der Waals surface area contributed by atoms with E-state index in [1.54, 1.807) is 0 Å². The van der Waals surface area contributed by atoms with Gasteiger partial charge in [0.2, 0.25) is 0 Å². The molecule has 0 fully saturated rings. The van der Waals surface area contributed by atoms with Gasteiger partial charge in [-0.3, -0.25) is 13.8 Å². The predicted molar refractivity (Wildman–Crippen MR) is 219 cm³/mol. The summed E-state index contributed by atoms with van der Waals surface area (Å²) in [6.07, 6.45) is 42.8. The molecule has 0 aromatic carbocycles. The number of rotatable bonds is 38. The van der Waals surface area contributed by atoms with Crippen LogP contribution in [0.4, 0.5) is 0 Å². The smallest absolute Gasteiger partial charge is 0.457 e. The maximum atomic E-state index is 12.7. The standard InChI is InChI=1S/C43H80NO7P/c1-6-8-10-12-14-16-18-19-20-21-22-23-24-25-26-28-30-32-34-36-43(45)51-42(41-50-52(46,47)49-39-37-44(3,4)5)40-48-38-35-33-31-29-27-17-15-13-11-9-7-2/h8,10,14,16,19-20,22-23,42H,6-7,9,11-13,15,17-18,21,24-41H2,1-5H3/p+1/b10-8-,16-14-,20-19-,23-22-. The number of hydrogen-bond acceptors (Lipinski definition) is 6. The van der Waals surface area contributed by atoms with Crippen molar-refractivity contribution in [3.05, 3.63) is 48.6 Å². The zero-order valence-electron chi connectivity index (χ0n) is 34.3. The first kappa shape index (κ1) is 50.5. The second kappa shape index (κ2) is 36.4. The lowest BCUT2D eigenvalue weighted by molar-refractivity contribution is -0.870. The van der Waals surface area contributed by atoms with Crippen molar-refractivity contribution in [1.29, 1.82) is 0 Å². The summed E-state index contributed by atoms with van der Waals surface area (Å²) in [7, 11) is 1.65. The average Bonchev–Trinajstić information content (AvgIpc) is 3.09. The van der Waals surface area contributed by atoms with E-state index >= 15 is 0 Å². The largest absolute Gasteiger partial charge is 0.472 e. The highest BCUT2D eigenvalue weighted by Gasteiger charge is 2.26. The van der Waals surface area contributed by atoms with Gasteiger partial charge in [-0.2, -0.15) is 0 Å². The Morgan fingerprint density at radius 1 is 0.615 bits per heavy atom. The van der Waals surface area contributed by atoms with Crippen LogP contribution in [0.5, 0.6) is 0 Å². The van der Waals surface area contributed by atoms with Gasteiger partial charge < -0.3 is 18.9 Å². The summed E-state index contributed by atoms with van der Waals surface area (Å²) in [4.78, 5) is 22.8. The van der Waals surface area contributed by atoms with E-state index in [1.807, 2.05) is 21.1 Å². The molecule has 0 aromatic rings. The third-order valence-corrected chi connectivity index (χ3v) is 9.64. The van der Waals surface area contributed by atoms with Crippen molar-refractivity contribution >= 4 is 13.8 Å². The van der Waals surface area contributed by atoms with E-state index < -0.39 is 13.9 Å². The van der Waals surface area contributed by atoms with Gasteiger partial charge >= 0.3 is 13.8 Å². The fourth-order valence-corrected chi connectivity index (χ4v) is 6.17. The first-order chi connectivity index (χ1) is 25.1. The number of carbonyl (C=O) groups is 1. The Kier molecular flexibility index (Phi) is 35.4. The minimum Gasteiger partial charge on any atom is -0.457 e. The fraction of sp³-hybridized carbons (Fsp3) is 0.791. The highest BCUT2D eigenvalue weighted by atomic mass is 31.2. The lowest BCUT2D eigenvalue weighted by Gasteiger charge is -2.24. The number of phosphoric acid groups is 1.